The molecule has 7 heteroatoms. The zero-order valence-corrected chi connectivity index (χ0v) is 12.6. The lowest BCUT2D eigenvalue weighted by Gasteiger charge is -2.28. The Morgan fingerprint density at radius 1 is 1.33 bits per heavy atom. The highest BCUT2D eigenvalue weighted by Crippen LogP contribution is 2.24. The Kier molecular flexibility index (Phi) is 4.50. The predicted octanol–water partition coefficient (Wildman–Crippen LogP) is -0.276. The molecular formula is C14H24N6O. The molecule has 2 fully saturated rings. The summed E-state index contributed by atoms with van der Waals surface area (Å²) in [5, 5.41) is 10.4. The van der Waals surface area contributed by atoms with Crippen molar-refractivity contribution >= 4 is 5.91 Å². The maximum Gasteiger partial charge on any atom is 0.223 e. The van der Waals surface area contributed by atoms with Crippen LogP contribution in [0.3, 0.4) is 0 Å². The van der Waals surface area contributed by atoms with Crippen molar-refractivity contribution < 1.29 is 4.79 Å². The van der Waals surface area contributed by atoms with Crippen molar-refractivity contribution in [2.75, 3.05) is 45.8 Å². The van der Waals surface area contributed by atoms with Gasteiger partial charge in [-0.25, -0.2) is 4.98 Å². The predicted molar refractivity (Wildman–Crippen MR) is 79.0 cm³/mol. The summed E-state index contributed by atoms with van der Waals surface area (Å²) in [7, 11) is 0. The van der Waals surface area contributed by atoms with Gasteiger partial charge in [0.2, 0.25) is 5.91 Å². The van der Waals surface area contributed by atoms with E-state index in [4.69, 9.17) is 0 Å². The minimum Gasteiger partial charge on any atom is -0.340 e. The minimum atomic E-state index is 0.286. The number of H-pyrrole nitrogens is 1. The van der Waals surface area contributed by atoms with Gasteiger partial charge >= 0.3 is 0 Å². The maximum atomic E-state index is 12.2. The van der Waals surface area contributed by atoms with E-state index in [1.807, 2.05) is 11.8 Å². The van der Waals surface area contributed by atoms with Crippen LogP contribution < -0.4 is 5.32 Å². The Morgan fingerprint density at radius 3 is 2.86 bits per heavy atom. The summed E-state index contributed by atoms with van der Waals surface area (Å²) in [4.78, 5) is 20.9. The monoisotopic (exact) mass is 292 g/mol. The van der Waals surface area contributed by atoms with Crippen LogP contribution in [-0.4, -0.2) is 76.7 Å². The molecule has 0 spiro atoms. The highest BCUT2D eigenvalue weighted by atomic mass is 16.2. The molecule has 2 aliphatic rings. The first-order valence-corrected chi connectivity index (χ1v) is 7.82. The number of amides is 1. The summed E-state index contributed by atoms with van der Waals surface area (Å²) in [6, 6.07) is 0. The molecule has 1 aromatic heterocycles. The van der Waals surface area contributed by atoms with Crippen molar-refractivity contribution in [3.8, 4) is 0 Å². The largest absolute Gasteiger partial charge is 0.340 e. The molecule has 1 unspecified atom stereocenters. The van der Waals surface area contributed by atoms with Crippen molar-refractivity contribution in [3.05, 3.63) is 11.6 Å². The SMILES string of the molecule is Cc1nc(C2CCN(CCC(=O)N3CCNCC3)C2)n[nH]1. The number of aromatic amines is 1. The molecule has 7 nitrogen and oxygen atoms in total. The summed E-state index contributed by atoms with van der Waals surface area (Å²) in [6.07, 6.45) is 1.71. The molecule has 2 saturated heterocycles. The number of hydrogen-bond donors (Lipinski definition) is 2. The van der Waals surface area contributed by atoms with E-state index in [0.29, 0.717) is 12.3 Å². The first-order chi connectivity index (χ1) is 10.2. The quantitative estimate of drug-likeness (QED) is 0.798. The van der Waals surface area contributed by atoms with Crippen LogP contribution in [0.25, 0.3) is 0 Å². The summed E-state index contributed by atoms with van der Waals surface area (Å²) in [6.45, 7) is 8.30. The first-order valence-electron chi connectivity index (χ1n) is 7.82. The lowest BCUT2D eigenvalue weighted by atomic mass is 10.1. The van der Waals surface area contributed by atoms with E-state index in [-0.39, 0.29) is 5.91 Å². The molecule has 2 N–H and O–H groups in total. The molecule has 3 heterocycles. The van der Waals surface area contributed by atoms with Crippen molar-refractivity contribution in [2.24, 2.45) is 0 Å². The minimum absolute atomic E-state index is 0.286. The zero-order valence-electron chi connectivity index (χ0n) is 12.6. The number of piperazine rings is 1. The summed E-state index contributed by atoms with van der Waals surface area (Å²) in [5.41, 5.74) is 0. The molecule has 0 radical (unpaired) electrons. The van der Waals surface area contributed by atoms with Gasteiger partial charge in [0.1, 0.15) is 5.82 Å². The van der Waals surface area contributed by atoms with Crippen molar-refractivity contribution in [1.29, 1.82) is 0 Å². The van der Waals surface area contributed by atoms with E-state index in [2.05, 4.69) is 25.4 Å². The molecule has 1 aromatic rings. The number of aryl methyl sites for hydroxylation is 1. The molecule has 2 aliphatic heterocycles. The molecule has 1 amide bonds. The van der Waals surface area contributed by atoms with Crippen LogP contribution in [0.1, 0.15) is 30.4 Å². The van der Waals surface area contributed by atoms with E-state index < -0.39 is 0 Å². The molecule has 0 bridgehead atoms. The van der Waals surface area contributed by atoms with Gasteiger partial charge in [-0.1, -0.05) is 0 Å². The Balaban J connectivity index is 1.43. The second-order valence-electron chi connectivity index (χ2n) is 5.95. The number of carbonyl (C=O) groups excluding carboxylic acids is 1. The van der Waals surface area contributed by atoms with E-state index in [1.54, 1.807) is 0 Å². The fraction of sp³-hybridized carbons (Fsp3) is 0.786. The molecule has 0 aliphatic carbocycles. The number of rotatable bonds is 4. The number of nitrogens with one attached hydrogen (secondary N) is 2. The van der Waals surface area contributed by atoms with Gasteiger partial charge in [-0.15, -0.1) is 0 Å². The summed E-state index contributed by atoms with van der Waals surface area (Å²) in [5.74, 6) is 2.48. The van der Waals surface area contributed by atoms with Crippen LogP contribution in [-0.2, 0) is 4.79 Å². The fourth-order valence-corrected chi connectivity index (χ4v) is 3.12. The number of likely N-dealkylation sites (tertiary alicyclic amines) is 1. The third-order valence-electron chi connectivity index (χ3n) is 4.36. The molecule has 116 valence electrons. The van der Waals surface area contributed by atoms with Gasteiger partial charge in [0, 0.05) is 51.6 Å². The van der Waals surface area contributed by atoms with Crippen LogP contribution in [0.4, 0.5) is 0 Å². The van der Waals surface area contributed by atoms with Crippen LogP contribution in [0.15, 0.2) is 0 Å². The van der Waals surface area contributed by atoms with Gasteiger partial charge < -0.3 is 15.1 Å². The second kappa shape index (κ2) is 6.53. The van der Waals surface area contributed by atoms with Gasteiger partial charge in [0.15, 0.2) is 5.82 Å². The lowest BCUT2D eigenvalue weighted by molar-refractivity contribution is -0.132. The van der Waals surface area contributed by atoms with Crippen LogP contribution in [0, 0.1) is 6.92 Å². The van der Waals surface area contributed by atoms with E-state index in [9.17, 15) is 4.79 Å². The van der Waals surface area contributed by atoms with Crippen molar-refractivity contribution in [2.45, 2.75) is 25.7 Å². The Labute approximate surface area is 125 Å². The topological polar surface area (TPSA) is 77.2 Å². The average Bonchev–Trinajstić information content (AvgIpc) is 3.14. The molecular weight excluding hydrogens is 268 g/mol. The van der Waals surface area contributed by atoms with Crippen molar-refractivity contribution in [1.82, 2.24) is 30.3 Å². The molecule has 3 rings (SSSR count). The Morgan fingerprint density at radius 2 is 2.14 bits per heavy atom. The van der Waals surface area contributed by atoms with E-state index in [0.717, 1.165) is 63.9 Å². The van der Waals surface area contributed by atoms with E-state index >= 15 is 0 Å². The van der Waals surface area contributed by atoms with Crippen LogP contribution in [0.2, 0.25) is 0 Å². The molecule has 0 saturated carbocycles. The van der Waals surface area contributed by atoms with Crippen molar-refractivity contribution in [3.63, 3.8) is 0 Å². The third kappa shape index (κ3) is 3.59. The summed E-state index contributed by atoms with van der Waals surface area (Å²) >= 11 is 0. The van der Waals surface area contributed by atoms with Crippen LogP contribution >= 0.6 is 0 Å². The third-order valence-corrected chi connectivity index (χ3v) is 4.36. The standard InChI is InChI=1S/C14H24N6O/c1-11-16-14(18-17-11)12-2-6-19(10-12)7-3-13(21)20-8-4-15-5-9-20/h12,15H,2-10H2,1H3,(H,16,17,18). The highest BCUT2D eigenvalue weighted by molar-refractivity contribution is 5.76. The Bertz CT molecular complexity index is 482. The van der Waals surface area contributed by atoms with Crippen LogP contribution in [0.5, 0.6) is 0 Å². The normalized spacial score (nSPS) is 23.7. The Hall–Kier alpha value is -1.47. The van der Waals surface area contributed by atoms with Gasteiger partial charge in [-0.3, -0.25) is 9.89 Å². The van der Waals surface area contributed by atoms with Gasteiger partial charge in [0.25, 0.3) is 0 Å². The maximum absolute atomic E-state index is 12.2. The lowest BCUT2D eigenvalue weighted by Crippen LogP contribution is -2.47. The highest BCUT2D eigenvalue weighted by Gasteiger charge is 2.27. The molecule has 0 aromatic carbocycles. The smallest absolute Gasteiger partial charge is 0.223 e. The molecule has 21 heavy (non-hydrogen) atoms. The number of hydrogen-bond acceptors (Lipinski definition) is 5. The summed E-state index contributed by atoms with van der Waals surface area (Å²) < 4.78 is 0. The van der Waals surface area contributed by atoms with E-state index in [1.165, 1.54) is 0 Å². The van der Waals surface area contributed by atoms with Gasteiger partial charge in [0.05, 0.1) is 0 Å². The number of aromatic nitrogens is 3. The van der Waals surface area contributed by atoms with Gasteiger partial charge in [-0.2, -0.15) is 5.10 Å². The average molecular weight is 292 g/mol. The number of nitrogens with zero attached hydrogens (tertiary/aromatic N) is 4. The molecule has 1 atom stereocenters. The number of carbonyl (C=O) groups is 1. The van der Waals surface area contributed by atoms with Gasteiger partial charge in [-0.05, 0) is 19.9 Å². The zero-order chi connectivity index (χ0) is 14.7. The fourth-order valence-electron chi connectivity index (χ4n) is 3.12. The second-order valence-corrected chi connectivity index (χ2v) is 5.95. The first kappa shape index (κ1) is 14.5.